The Morgan fingerprint density at radius 2 is 2.29 bits per heavy atom. The summed E-state index contributed by atoms with van der Waals surface area (Å²) < 4.78 is 0. The molecule has 1 aliphatic carbocycles. The summed E-state index contributed by atoms with van der Waals surface area (Å²) in [5, 5.41) is 4.13. The molecule has 1 aliphatic heterocycles. The lowest BCUT2D eigenvalue weighted by atomic mass is 10.0. The molecule has 0 N–H and O–H groups in total. The van der Waals surface area contributed by atoms with Crippen molar-refractivity contribution in [3.8, 4) is 0 Å². The molecular weight excluding hydrogens is 176 g/mol. The minimum Gasteiger partial charge on any atom is -0.392 e. The smallest absolute Gasteiger partial charge is 0.136 e. The number of aromatic nitrogens is 1. The number of pyridine rings is 1. The lowest BCUT2D eigenvalue weighted by molar-refractivity contribution is 0.0694. The van der Waals surface area contributed by atoms with E-state index in [0.717, 1.165) is 23.6 Å². The molecule has 3 nitrogen and oxygen atoms in total. The van der Waals surface area contributed by atoms with Gasteiger partial charge in [-0.2, -0.15) is 0 Å². The Balaban J connectivity index is 1.75. The minimum absolute atomic E-state index is 0.338. The predicted molar refractivity (Wildman–Crippen MR) is 53.0 cm³/mol. The van der Waals surface area contributed by atoms with Gasteiger partial charge in [0.2, 0.25) is 0 Å². The van der Waals surface area contributed by atoms with E-state index < -0.39 is 0 Å². The molecule has 0 amide bonds. The van der Waals surface area contributed by atoms with Gasteiger partial charge in [0, 0.05) is 24.4 Å². The van der Waals surface area contributed by atoms with Crippen molar-refractivity contribution in [1.29, 1.82) is 0 Å². The predicted octanol–water partition coefficient (Wildman–Crippen LogP) is 1.98. The maximum atomic E-state index is 5.40. The zero-order valence-corrected chi connectivity index (χ0v) is 7.89. The molecular formula is C11H12N2O. The Labute approximate surface area is 82.8 Å². The van der Waals surface area contributed by atoms with Crippen LogP contribution in [0.1, 0.15) is 24.8 Å². The highest BCUT2D eigenvalue weighted by Crippen LogP contribution is 2.38. The van der Waals surface area contributed by atoms with Crippen LogP contribution in [0.25, 0.3) is 0 Å². The third kappa shape index (κ3) is 1.39. The van der Waals surface area contributed by atoms with Gasteiger partial charge in [-0.3, -0.25) is 4.98 Å². The fourth-order valence-electron chi connectivity index (χ4n) is 1.82. The van der Waals surface area contributed by atoms with Crippen molar-refractivity contribution in [3.63, 3.8) is 0 Å². The fourth-order valence-corrected chi connectivity index (χ4v) is 1.82. The molecule has 3 rings (SSSR count). The quantitative estimate of drug-likeness (QED) is 0.711. The van der Waals surface area contributed by atoms with Crippen LogP contribution in [0.15, 0.2) is 29.7 Å². The van der Waals surface area contributed by atoms with Gasteiger partial charge in [0.25, 0.3) is 0 Å². The van der Waals surface area contributed by atoms with Gasteiger partial charge in [-0.05, 0) is 30.9 Å². The third-order valence-corrected chi connectivity index (χ3v) is 2.84. The Morgan fingerprint density at radius 1 is 1.36 bits per heavy atom. The Bertz CT molecular complexity index is 357. The highest BCUT2D eigenvalue weighted by Gasteiger charge is 2.37. The summed E-state index contributed by atoms with van der Waals surface area (Å²) in [5.74, 6) is 0.757. The van der Waals surface area contributed by atoms with E-state index in [4.69, 9.17) is 4.84 Å². The molecule has 1 saturated carbocycles. The summed E-state index contributed by atoms with van der Waals surface area (Å²) in [4.78, 5) is 9.48. The number of hydrogen-bond acceptors (Lipinski definition) is 3. The second-order valence-electron chi connectivity index (χ2n) is 3.97. The van der Waals surface area contributed by atoms with E-state index in [1.807, 2.05) is 18.3 Å². The van der Waals surface area contributed by atoms with Crippen LogP contribution in [0.5, 0.6) is 0 Å². The van der Waals surface area contributed by atoms with Gasteiger partial charge < -0.3 is 4.84 Å². The second-order valence-corrected chi connectivity index (χ2v) is 3.97. The molecule has 1 atom stereocenters. The molecule has 0 radical (unpaired) electrons. The van der Waals surface area contributed by atoms with Gasteiger partial charge in [0.1, 0.15) is 6.10 Å². The van der Waals surface area contributed by atoms with Crippen LogP contribution in [0.3, 0.4) is 0 Å². The zero-order chi connectivity index (χ0) is 9.38. The molecule has 0 aromatic carbocycles. The summed E-state index contributed by atoms with van der Waals surface area (Å²) in [6.45, 7) is 0. The maximum Gasteiger partial charge on any atom is 0.136 e. The van der Waals surface area contributed by atoms with E-state index >= 15 is 0 Å². The molecule has 2 aliphatic rings. The van der Waals surface area contributed by atoms with Crippen molar-refractivity contribution in [1.82, 2.24) is 4.98 Å². The minimum atomic E-state index is 0.338. The van der Waals surface area contributed by atoms with Crippen LogP contribution in [-0.2, 0) is 4.84 Å². The zero-order valence-electron chi connectivity index (χ0n) is 7.89. The molecule has 1 aromatic rings. The second kappa shape index (κ2) is 3.08. The molecule has 1 fully saturated rings. The number of hydrogen-bond donors (Lipinski definition) is 0. The molecule has 72 valence electrons. The summed E-state index contributed by atoms with van der Waals surface area (Å²) in [6, 6.07) is 3.97. The molecule has 0 saturated heterocycles. The molecule has 3 heteroatoms. The van der Waals surface area contributed by atoms with E-state index in [1.54, 1.807) is 6.20 Å². The van der Waals surface area contributed by atoms with Gasteiger partial charge in [0.05, 0.1) is 5.71 Å². The maximum absolute atomic E-state index is 5.40. The molecule has 14 heavy (non-hydrogen) atoms. The van der Waals surface area contributed by atoms with E-state index in [1.165, 1.54) is 12.8 Å². The number of rotatable bonds is 2. The first-order valence-electron chi connectivity index (χ1n) is 5.06. The first-order chi connectivity index (χ1) is 6.93. The first-order valence-corrected chi connectivity index (χ1v) is 5.06. The van der Waals surface area contributed by atoms with Gasteiger partial charge >= 0.3 is 0 Å². The van der Waals surface area contributed by atoms with Crippen LogP contribution >= 0.6 is 0 Å². The van der Waals surface area contributed by atoms with Gasteiger partial charge in [-0.15, -0.1) is 0 Å². The normalized spacial score (nSPS) is 25.7. The Morgan fingerprint density at radius 3 is 3.00 bits per heavy atom. The summed E-state index contributed by atoms with van der Waals surface area (Å²) >= 11 is 0. The van der Waals surface area contributed by atoms with E-state index in [0.29, 0.717) is 6.10 Å². The third-order valence-electron chi connectivity index (χ3n) is 2.84. The molecule has 0 spiro atoms. The monoisotopic (exact) mass is 188 g/mol. The van der Waals surface area contributed by atoms with E-state index in [9.17, 15) is 0 Å². The van der Waals surface area contributed by atoms with Crippen molar-refractivity contribution in [2.45, 2.75) is 25.4 Å². The standard InChI is InChI=1S/C11H12N2O/c1-2-9(7-12-5-1)10-6-11(14-13-10)8-3-4-8/h1-2,5,7-8,11H,3-4,6H2. The number of oxime groups is 1. The van der Waals surface area contributed by atoms with Crippen molar-refractivity contribution >= 4 is 5.71 Å². The van der Waals surface area contributed by atoms with Crippen LogP contribution in [0, 0.1) is 5.92 Å². The molecule has 1 unspecified atom stereocenters. The van der Waals surface area contributed by atoms with Crippen molar-refractivity contribution in [2.75, 3.05) is 0 Å². The van der Waals surface area contributed by atoms with Crippen molar-refractivity contribution in [2.24, 2.45) is 11.1 Å². The highest BCUT2D eigenvalue weighted by molar-refractivity contribution is 6.00. The van der Waals surface area contributed by atoms with E-state index in [-0.39, 0.29) is 0 Å². The van der Waals surface area contributed by atoms with E-state index in [2.05, 4.69) is 10.1 Å². The largest absolute Gasteiger partial charge is 0.392 e. The first kappa shape index (κ1) is 7.97. The van der Waals surface area contributed by atoms with Crippen LogP contribution in [0.2, 0.25) is 0 Å². The molecule has 0 bridgehead atoms. The molecule has 1 aromatic heterocycles. The lowest BCUT2D eigenvalue weighted by Gasteiger charge is -2.03. The SMILES string of the molecule is c1cncc(C2=NOC(C3CC3)C2)c1. The average Bonchev–Trinajstić information content (AvgIpc) is 2.98. The molecule has 2 heterocycles. The fraction of sp³-hybridized carbons (Fsp3) is 0.455. The topological polar surface area (TPSA) is 34.5 Å². The Kier molecular flexibility index (Phi) is 1.76. The van der Waals surface area contributed by atoms with Crippen LogP contribution < -0.4 is 0 Å². The summed E-state index contributed by atoms with van der Waals surface area (Å²) in [5.41, 5.74) is 2.14. The summed E-state index contributed by atoms with van der Waals surface area (Å²) in [6.07, 6.45) is 7.53. The lowest BCUT2D eigenvalue weighted by Crippen LogP contribution is -2.10. The van der Waals surface area contributed by atoms with Crippen molar-refractivity contribution < 1.29 is 4.84 Å². The number of nitrogens with zero attached hydrogens (tertiary/aromatic N) is 2. The Hall–Kier alpha value is -1.38. The van der Waals surface area contributed by atoms with Gasteiger partial charge in [-0.1, -0.05) is 5.16 Å². The van der Waals surface area contributed by atoms with Gasteiger partial charge in [0.15, 0.2) is 0 Å². The van der Waals surface area contributed by atoms with Crippen molar-refractivity contribution in [3.05, 3.63) is 30.1 Å². The average molecular weight is 188 g/mol. The summed E-state index contributed by atoms with van der Waals surface area (Å²) in [7, 11) is 0. The van der Waals surface area contributed by atoms with Crippen LogP contribution in [-0.4, -0.2) is 16.8 Å². The highest BCUT2D eigenvalue weighted by atomic mass is 16.6. The van der Waals surface area contributed by atoms with Crippen LogP contribution in [0.4, 0.5) is 0 Å². The van der Waals surface area contributed by atoms with Gasteiger partial charge in [-0.25, -0.2) is 0 Å².